The molecule has 1 aromatic carbocycles. The predicted molar refractivity (Wildman–Crippen MR) is 104 cm³/mol. The van der Waals surface area contributed by atoms with Crippen molar-refractivity contribution < 1.29 is 19.4 Å². The van der Waals surface area contributed by atoms with Gasteiger partial charge in [-0.1, -0.05) is 6.07 Å². The molecule has 1 atom stereocenters. The van der Waals surface area contributed by atoms with E-state index in [2.05, 4.69) is 11.1 Å². The number of hydrogen-bond donors (Lipinski definition) is 1. The van der Waals surface area contributed by atoms with Crippen molar-refractivity contribution in [3.8, 4) is 16.9 Å². The standard InChI is InChI=1S/C22H24N2O4/c25-21(26)7-5-19-3-1-2-9-24(19)22(27)18-12-17(13-23-14-18)15-4-6-20-16(11-15)8-10-28-20/h4,6,11-14,19H,1-3,5,7-10H2,(H,25,26). The highest BCUT2D eigenvalue weighted by Gasteiger charge is 2.28. The molecule has 2 aromatic rings. The van der Waals surface area contributed by atoms with Crippen LogP contribution in [0.2, 0.25) is 0 Å². The van der Waals surface area contributed by atoms with Gasteiger partial charge in [0.05, 0.1) is 12.2 Å². The number of nitrogens with zero attached hydrogens (tertiary/aromatic N) is 2. The Bertz CT molecular complexity index is 896. The monoisotopic (exact) mass is 380 g/mol. The van der Waals surface area contributed by atoms with Crippen molar-refractivity contribution in [2.45, 2.75) is 44.6 Å². The molecule has 4 rings (SSSR count). The predicted octanol–water partition coefficient (Wildman–Crippen LogP) is 3.54. The Hall–Kier alpha value is -2.89. The van der Waals surface area contributed by atoms with Gasteiger partial charge < -0.3 is 14.7 Å². The van der Waals surface area contributed by atoms with Crippen LogP contribution < -0.4 is 4.74 Å². The second-order valence-corrected chi connectivity index (χ2v) is 7.46. The van der Waals surface area contributed by atoms with E-state index in [1.165, 1.54) is 5.56 Å². The fourth-order valence-corrected chi connectivity index (χ4v) is 4.10. The summed E-state index contributed by atoms with van der Waals surface area (Å²) in [5.41, 5.74) is 3.66. The molecule has 1 N–H and O–H groups in total. The maximum atomic E-state index is 13.1. The smallest absolute Gasteiger partial charge is 0.303 e. The maximum Gasteiger partial charge on any atom is 0.303 e. The van der Waals surface area contributed by atoms with Crippen molar-refractivity contribution in [3.05, 3.63) is 47.8 Å². The Labute approximate surface area is 164 Å². The van der Waals surface area contributed by atoms with Crippen molar-refractivity contribution in [1.82, 2.24) is 9.88 Å². The normalized spacial score (nSPS) is 18.4. The molecule has 2 aliphatic heterocycles. The molecule has 0 aliphatic carbocycles. The molecule has 0 saturated carbocycles. The van der Waals surface area contributed by atoms with Gasteiger partial charge >= 0.3 is 5.97 Å². The Morgan fingerprint density at radius 2 is 2.07 bits per heavy atom. The molecule has 1 unspecified atom stereocenters. The molecule has 0 radical (unpaired) electrons. The molecule has 146 valence electrons. The summed E-state index contributed by atoms with van der Waals surface area (Å²) in [5.74, 6) is 0.0506. The zero-order chi connectivity index (χ0) is 19.5. The lowest BCUT2D eigenvalue weighted by Crippen LogP contribution is -2.44. The van der Waals surface area contributed by atoms with Crippen LogP contribution in [-0.2, 0) is 11.2 Å². The molecule has 0 bridgehead atoms. The lowest BCUT2D eigenvalue weighted by molar-refractivity contribution is -0.137. The molecular weight excluding hydrogens is 356 g/mol. The van der Waals surface area contributed by atoms with Gasteiger partial charge in [0.1, 0.15) is 5.75 Å². The van der Waals surface area contributed by atoms with Gasteiger partial charge in [0.15, 0.2) is 0 Å². The topological polar surface area (TPSA) is 79.7 Å². The van der Waals surface area contributed by atoms with E-state index in [0.717, 1.165) is 42.6 Å². The Kier molecular flexibility index (Phi) is 5.28. The van der Waals surface area contributed by atoms with E-state index in [1.807, 2.05) is 23.1 Å². The van der Waals surface area contributed by atoms with Gasteiger partial charge in [-0.25, -0.2) is 0 Å². The summed E-state index contributed by atoms with van der Waals surface area (Å²) in [7, 11) is 0. The number of piperidine rings is 1. The highest BCUT2D eigenvalue weighted by Crippen LogP contribution is 2.31. The van der Waals surface area contributed by atoms with Crippen molar-refractivity contribution >= 4 is 11.9 Å². The van der Waals surface area contributed by atoms with Gasteiger partial charge in [0.25, 0.3) is 5.91 Å². The number of aromatic nitrogens is 1. The van der Waals surface area contributed by atoms with Crippen molar-refractivity contribution in [2.24, 2.45) is 0 Å². The first-order valence-corrected chi connectivity index (χ1v) is 9.86. The number of amides is 1. The minimum absolute atomic E-state index is 0.0156. The Morgan fingerprint density at radius 3 is 2.93 bits per heavy atom. The van der Waals surface area contributed by atoms with Crippen LogP contribution in [0.3, 0.4) is 0 Å². The van der Waals surface area contributed by atoms with Crippen LogP contribution in [0.15, 0.2) is 36.7 Å². The summed E-state index contributed by atoms with van der Waals surface area (Å²) in [5, 5.41) is 8.99. The summed E-state index contributed by atoms with van der Waals surface area (Å²) in [6.45, 7) is 1.38. The van der Waals surface area contributed by atoms with Crippen molar-refractivity contribution in [3.63, 3.8) is 0 Å². The van der Waals surface area contributed by atoms with E-state index in [-0.39, 0.29) is 18.4 Å². The number of rotatable bonds is 5. The van der Waals surface area contributed by atoms with Crippen LogP contribution in [0.25, 0.3) is 11.1 Å². The quantitative estimate of drug-likeness (QED) is 0.858. The highest BCUT2D eigenvalue weighted by molar-refractivity contribution is 5.95. The third kappa shape index (κ3) is 3.86. The highest BCUT2D eigenvalue weighted by atomic mass is 16.5. The Morgan fingerprint density at radius 1 is 1.18 bits per heavy atom. The van der Waals surface area contributed by atoms with E-state index in [4.69, 9.17) is 9.84 Å². The summed E-state index contributed by atoms with van der Waals surface area (Å²) < 4.78 is 5.56. The number of carbonyl (C=O) groups is 2. The lowest BCUT2D eigenvalue weighted by atomic mass is 9.96. The van der Waals surface area contributed by atoms with Gasteiger partial charge in [-0.05, 0) is 55.0 Å². The minimum atomic E-state index is -0.817. The first-order valence-electron chi connectivity index (χ1n) is 9.86. The molecule has 1 saturated heterocycles. The molecule has 6 nitrogen and oxygen atoms in total. The van der Waals surface area contributed by atoms with Crippen LogP contribution in [0.4, 0.5) is 0 Å². The maximum absolute atomic E-state index is 13.1. The zero-order valence-electron chi connectivity index (χ0n) is 15.8. The third-order valence-electron chi connectivity index (χ3n) is 5.59. The SMILES string of the molecule is O=C(O)CCC1CCCCN1C(=O)c1cncc(-c2ccc3c(c2)CCO3)c1. The van der Waals surface area contributed by atoms with Gasteiger partial charge in [0, 0.05) is 43.4 Å². The van der Waals surface area contributed by atoms with Crippen LogP contribution in [0, 0.1) is 0 Å². The number of benzene rings is 1. The molecule has 28 heavy (non-hydrogen) atoms. The first kappa shape index (κ1) is 18.5. The first-order chi connectivity index (χ1) is 13.6. The van der Waals surface area contributed by atoms with Crippen LogP contribution in [-0.4, -0.2) is 46.1 Å². The average Bonchev–Trinajstić information content (AvgIpc) is 3.20. The van der Waals surface area contributed by atoms with Gasteiger partial charge in [-0.15, -0.1) is 0 Å². The van der Waals surface area contributed by atoms with E-state index in [0.29, 0.717) is 25.1 Å². The van der Waals surface area contributed by atoms with Crippen molar-refractivity contribution in [1.29, 1.82) is 0 Å². The largest absolute Gasteiger partial charge is 0.493 e. The number of aliphatic carboxylic acids is 1. The summed E-state index contributed by atoms with van der Waals surface area (Å²) in [6, 6.07) is 7.93. The molecule has 1 amide bonds. The minimum Gasteiger partial charge on any atom is -0.493 e. The van der Waals surface area contributed by atoms with Crippen LogP contribution in [0.1, 0.15) is 48.0 Å². The van der Waals surface area contributed by atoms with Crippen LogP contribution >= 0.6 is 0 Å². The number of pyridine rings is 1. The molecule has 6 heteroatoms. The van der Waals surface area contributed by atoms with E-state index < -0.39 is 5.97 Å². The summed E-state index contributed by atoms with van der Waals surface area (Å²) >= 11 is 0. The number of carbonyl (C=O) groups excluding carboxylic acids is 1. The molecule has 1 aromatic heterocycles. The molecule has 2 aliphatic rings. The lowest BCUT2D eigenvalue weighted by Gasteiger charge is -2.35. The second kappa shape index (κ2) is 8.00. The van der Waals surface area contributed by atoms with E-state index in [1.54, 1.807) is 12.4 Å². The number of carboxylic acid groups (broad SMARTS) is 1. The molecule has 0 spiro atoms. The van der Waals surface area contributed by atoms with E-state index in [9.17, 15) is 9.59 Å². The number of carboxylic acids is 1. The number of hydrogen-bond acceptors (Lipinski definition) is 4. The van der Waals surface area contributed by atoms with Gasteiger partial charge in [-0.3, -0.25) is 14.6 Å². The fourth-order valence-electron chi connectivity index (χ4n) is 4.10. The van der Waals surface area contributed by atoms with E-state index >= 15 is 0 Å². The number of fused-ring (bicyclic) bond motifs is 1. The third-order valence-corrected chi connectivity index (χ3v) is 5.59. The zero-order valence-corrected chi connectivity index (χ0v) is 15.8. The van der Waals surface area contributed by atoms with Crippen molar-refractivity contribution in [2.75, 3.05) is 13.2 Å². The van der Waals surface area contributed by atoms with Crippen LogP contribution in [0.5, 0.6) is 5.75 Å². The molecule has 3 heterocycles. The average molecular weight is 380 g/mol. The summed E-state index contributed by atoms with van der Waals surface area (Å²) in [4.78, 5) is 30.2. The van der Waals surface area contributed by atoms with Gasteiger partial charge in [0.2, 0.25) is 0 Å². The summed E-state index contributed by atoms with van der Waals surface area (Å²) in [6.07, 6.45) is 7.70. The Balaban J connectivity index is 1.56. The second-order valence-electron chi connectivity index (χ2n) is 7.46. The number of ether oxygens (including phenoxy) is 1. The van der Waals surface area contributed by atoms with Gasteiger partial charge in [-0.2, -0.15) is 0 Å². The molecule has 1 fully saturated rings. The molecular formula is C22H24N2O4. The number of likely N-dealkylation sites (tertiary alicyclic amines) is 1. The fraction of sp³-hybridized carbons (Fsp3) is 0.409.